The zero-order chi connectivity index (χ0) is 13.7. The van der Waals surface area contributed by atoms with E-state index in [0.717, 1.165) is 0 Å². The third-order valence-corrected chi connectivity index (χ3v) is 2.33. The first-order valence-corrected chi connectivity index (χ1v) is 5.49. The summed E-state index contributed by atoms with van der Waals surface area (Å²) in [5, 5.41) is 16.9. The number of ether oxygens (including phenoxy) is 1. The Labute approximate surface area is 137 Å². The third kappa shape index (κ3) is 4.82. The van der Waals surface area contributed by atoms with Gasteiger partial charge in [0, 0.05) is 5.56 Å². The molecule has 98 valence electrons. The molecule has 0 aromatic heterocycles. The quantitative estimate of drug-likeness (QED) is 0.443. The molecule has 2 aromatic rings. The van der Waals surface area contributed by atoms with E-state index in [1.54, 1.807) is 12.1 Å². The molecule has 0 fully saturated rings. The topological polar surface area (TPSA) is 79.0 Å². The van der Waals surface area contributed by atoms with Crippen LogP contribution in [0.15, 0.2) is 54.6 Å². The van der Waals surface area contributed by atoms with Crippen LogP contribution in [0.3, 0.4) is 0 Å². The molecule has 2 rings (SSSR count). The van der Waals surface area contributed by atoms with Crippen molar-refractivity contribution in [1.82, 2.24) is 0 Å². The van der Waals surface area contributed by atoms with E-state index in [4.69, 9.17) is 9.94 Å². The second-order valence-electron chi connectivity index (χ2n) is 3.68. The summed E-state index contributed by atoms with van der Waals surface area (Å²) in [6.07, 6.45) is -1.53. The van der Waals surface area contributed by atoms with Crippen molar-refractivity contribution >= 4 is 0 Å². The van der Waals surface area contributed by atoms with Gasteiger partial charge in [-0.1, -0.05) is 18.2 Å². The Balaban J connectivity index is 0.00000200. The van der Waals surface area contributed by atoms with E-state index in [-0.39, 0.29) is 29.6 Å². The maximum Gasteiger partial charge on any atom is 1.00 e. The first-order valence-electron chi connectivity index (χ1n) is 5.49. The number of rotatable bonds is 5. The van der Waals surface area contributed by atoms with Crippen LogP contribution in [0.4, 0.5) is 0 Å². The van der Waals surface area contributed by atoms with Crippen molar-refractivity contribution < 1.29 is 54.5 Å². The second kappa shape index (κ2) is 7.86. The molecule has 0 amide bonds. The van der Waals surface area contributed by atoms with Crippen LogP contribution < -0.4 is 34.3 Å². The van der Waals surface area contributed by atoms with Crippen molar-refractivity contribution in [3.05, 3.63) is 65.1 Å². The molecule has 0 aliphatic carbocycles. The molecule has 1 unspecified atom stereocenters. The van der Waals surface area contributed by atoms with Gasteiger partial charge >= 0.3 is 40.9 Å². The van der Waals surface area contributed by atoms with Crippen molar-refractivity contribution in [2.24, 2.45) is 0 Å². The standard InChI is InChI=1S/C13H12NO5.Na/c15-13(19-14(16)17)10-6-8-12(9-7-10)18-11-4-2-1-3-5-11;/h1-9,13,15H,(H,16,17);/q2*+1. The molecule has 0 aliphatic rings. The predicted octanol–water partition coefficient (Wildman–Crippen LogP) is -0.427. The minimum absolute atomic E-state index is 0. The molecule has 0 saturated carbocycles. The van der Waals surface area contributed by atoms with E-state index in [2.05, 4.69) is 4.84 Å². The number of hydrogen-bond donors (Lipinski definition) is 2. The molecule has 0 heterocycles. The van der Waals surface area contributed by atoms with E-state index in [0.29, 0.717) is 17.1 Å². The molecular weight excluding hydrogens is 273 g/mol. The zero-order valence-corrected chi connectivity index (χ0v) is 12.8. The summed E-state index contributed by atoms with van der Waals surface area (Å²) >= 11 is 0. The van der Waals surface area contributed by atoms with Gasteiger partial charge in [0.25, 0.3) is 0 Å². The van der Waals surface area contributed by atoms with E-state index in [1.165, 1.54) is 12.1 Å². The fraction of sp³-hybridized carbons (Fsp3) is 0.0769. The van der Waals surface area contributed by atoms with Gasteiger partial charge in [0.1, 0.15) is 16.4 Å². The minimum Gasteiger partial charge on any atom is -0.457 e. The van der Waals surface area contributed by atoms with Crippen molar-refractivity contribution in [2.75, 3.05) is 0 Å². The fourth-order valence-electron chi connectivity index (χ4n) is 1.47. The molecular formula is C13H12NNaO5+2. The van der Waals surface area contributed by atoms with Gasteiger partial charge in [0.05, 0.1) is 0 Å². The Bertz CT molecular complexity index is 546. The summed E-state index contributed by atoms with van der Waals surface area (Å²) in [4.78, 5) is 14.3. The normalized spacial score (nSPS) is 11.1. The van der Waals surface area contributed by atoms with Crippen LogP contribution >= 0.6 is 0 Å². The summed E-state index contributed by atoms with van der Waals surface area (Å²) < 4.78 is 5.55. The van der Waals surface area contributed by atoms with Crippen molar-refractivity contribution in [3.63, 3.8) is 0 Å². The average molecular weight is 285 g/mol. The van der Waals surface area contributed by atoms with Gasteiger partial charge in [-0.15, -0.1) is 4.84 Å². The van der Waals surface area contributed by atoms with Crippen LogP contribution in [0, 0.1) is 4.91 Å². The van der Waals surface area contributed by atoms with Crippen LogP contribution in [0.1, 0.15) is 11.9 Å². The number of para-hydroxylation sites is 1. The molecule has 0 spiro atoms. The Hall–Kier alpha value is -1.60. The monoisotopic (exact) mass is 285 g/mol. The molecule has 6 nitrogen and oxygen atoms in total. The van der Waals surface area contributed by atoms with Crippen LogP contribution in [0.25, 0.3) is 0 Å². The molecule has 2 aromatic carbocycles. The summed E-state index contributed by atoms with van der Waals surface area (Å²) in [5.74, 6) is 1.26. The first kappa shape index (κ1) is 16.5. The number of nitrogens with zero attached hydrogens (tertiary/aromatic N) is 1. The van der Waals surface area contributed by atoms with Gasteiger partial charge in [0.15, 0.2) is 0 Å². The van der Waals surface area contributed by atoms with Crippen LogP contribution in [-0.2, 0) is 4.84 Å². The van der Waals surface area contributed by atoms with E-state index in [1.807, 2.05) is 30.3 Å². The number of hydrogen-bond acceptors (Lipinski definition) is 4. The fourth-order valence-corrected chi connectivity index (χ4v) is 1.47. The van der Waals surface area contributed by atoms with Crippen molar-refractivity contribution in [2.45, 2.75) is 6.29 Å². The van der Waals surface area contributed by atoms with E-state index >= 15 is 0 Å². The van der Waals surface area contributed by atoms with Gasteiger partial charge in [-0.25, -0.2) is 5.21 Å². The Morgan fingerprint density at radius 2 is 1.50 bits per heavy atom. The van der Waals surface area contributed by atoms with Crippen molar-refractivity contribution in [1.29, 1.82) is 0 Å². The Morgan fingerprint density at radius 1 is 0.950 bits per heavy atom. The Morgan fingerprint density at radius 3 is 2.05 bits per heavy atom. The third-order valence-electron chi connectivity index (χ3n) is 2.33. The molecule has 1 atom stereocenters. The maximum absolute atomic E-state index is 10.2. The van der Waals surface area contributed by atoms with Gasteiger partial charge in [-0.3, -0.25) is 0 Å². The Kier molecular flexibility index (Phi) is 6.47. The number of benzene rings is 2. The molecule has 0 radical (unpaired) electrons. The molecule has 0 aliphatic heterocycles. The maximum atomic E-state index is 10.2. The molecule has 2 N–H and O–H groups in total. The molecule has 20 heavy (non-hydrogen) atoms. The van der Waals surface area contributed by atoms with Crippen molar-refractivity contribution in [3.8, 4) is 11.5 Å². The van der Waals surface area contributed by atoms with Gasteiger partial charge in [-0.05, 0) is 36.4 Å². The zero-order valence-electron chi connectivity index (χ0n) is 10.8. The van der Waals surface area contributed by atoms with Gasteiger partial charge in [-0.2, -0.15) is 0 Å². The smallest absolute Gasteiger partial charge is 0.457 e. The molecule has 0 saturated heterocycles. The second-order valence-corrected chi connectivity index (χ2v) is 3.68. The minimum atomic E-state index is -1.53. The first-order chi connectivity index (χ1) is 9.15. The molecule has 7 heteroatoms. The number of aliphatic hydroxyl groups is 1. The summed E-state index contributed by atoms with van der Waals surface area (Å²) in [6, 6.07) is 15.5. The summed E-state index contributed by atoms with van der Waals surface area (Å²) in [7, 11) is 0. The molecule has 0 bridgehead atoms. The van der Waals surface area contributed by atoms with Crippen LogP contribution in [0.2, 0.25) is 0 Å². The van der Waals surface area contributed by atoms with E-state index < -0.39 is 11.4 Å². The van der Waals surface area contributed by atoms with Gasteiger partial charge in [0.2, 0.25) is 0 Å². The summed E-state index contributed by atoms with van der Waals surface area (Å²) in [6.45, 7) is 0. The SMILES string of the molecule is O=[N+](O)OC(O)c1ccc(Oc2ccccc2)cc1.[Na+]. The summed E-state index contributed by atoms with van der Waals surface area (Å²) in [5.41, 5.74) is 0.315. The van der Waals surface area contributed by atoms with E-state index in [9.17, 15) is 10.0 Å². The van der Waals surface area contributed by atoms with Gasteiger partial charge < -0.3 is 9.84 Å². The number of aliphatic hydroxyl groups excluding tert-OH is 1. The average Bonchev–Trinajstić information content (AvgIpc) is 2.40. The van der Waals surface area contributed by atoms with Crippen LogP contribution in [-0.4, -0.2) is 15.4 Å². The predicted molar refractivity (Wildman–Crippen MR) is 64.4 cm³/mol. The van der Waals surface area contributed by atoms with Crippen LogP contribution in [0.5, 0.6) is 11.5 Å². The largest absolute Gasteiger partial charge is 1.00 e.